The van der Waals surface area contributed by atoms with Crippen molar-refractivity contribution in [1.29, 1.82) is 0 Å². The van der Waals surface area contributed by atoms with Crippen molar-refractivity contribution in [2.24, 2.45) is 11.7 Å². The highest BCUT2D eigenvalue weighted by Crippen LogP contribution is 2.20. The molecule has 0 aromatic carbocycles. The first-order valence-electron chi connectivity index (χ1n) is 6.27. The summed E-state index contributed by atoms with van der Waals surface area (Å²) in [7, 11) is 0. The minimum absolute atomic E-state index is 0.138. The van der Waals surface area contributed by atoms with E-state index in [4.69, 9.17) is 5.73 Å². The third kappa shape index (κ3) is 3.12. The second kappa shape index (κ2) is 6.03. The molecule has 1 aromatic rings. The van der Waals surface area contributed by atoms with Crippen molar-refractivity contribution in [3.05, 3.63) is 21.9 Å². The molecule has 1 amide bonds. The van der Waals surface area contributed by atoms with Crippen LogP contribution in [0, 0.1) is 17.8 Å². The van der Waals surface area contributed by atoms with E-state index in [2.05, 4.69) is 18.8 Å². The van der Waals surface area contributed by atoms with Gasteiger partial charge in [-0.25, -0.2) is 0 Å². The number of carbonyl (C=O) groups is 1. The van der Waals surface area contributed by atoms with Crippen LogP contribution in [0.1, 0.15) is 35.0 Å². The molecule has 2 N–H and O–H groups in total. The molecule has 0 atom stereocenters. The standard InChI is InChI=1S/C14H18N2OS/c1-11-4-7-16(8-5-11)14(17)12-9-13(18-10-12)3-2-6-15/h9-11H,4-8,15H2,1H3. The van der Waals surface area contributed by atoms with Crippen LogP contribution in [0.2, 0.25) is 0 Å². The summed E-state index contributed by atoms with van der Waals surface area (Å²) in [4.78, 5) is 15.1. The Morgan fingerprint density at radius 2 is 2.28 bits per heavy atom. The van der Waals surface area contributed by atoms with E-state index in [0.29, 0.717) is 6.54 Å². The Morgan fingerprint density at radius 3 is 2.94 bits per heavy atom. The molecule has 0 unspecified atom stereocenters. The zero-order valence-corrected chi connectivity index (χ0v) is 11.4. The van der Waals surface area contributed by atoms with Gasteiger partial charge in [-0.3, -0.25) is 4.79 Å². The van der Waals surface area contributed by atoms with E-state index in [1.807, 2.05) is 16.3 Å². The van der Waals surface area contributed by atoms with Gasteiger partial charge in [0.15, 0.2) is 0 Å². The van der Waals surface area contributed by atoms with E-state index in [9.17, 15) is 4.79 Å². The molecule has 3 nitrogen and oxygen atoms in total. The number of amides is 1. The zero-order valence-electron chi connectivity index (χ0n) is 10.6. The SMILES string of the molecule is CC1CCN(C(=O)c2csc(C#CCN)c2)CC1. The summed E-state index contributed by atoms with van der Waals surface area (Å²) in [5.74, 6) is 6.64. The van der Waals surface area contributed by atoms with Crippen molar-refractivity contribution in [2.45, 2.75) is 19.8 Å². The number of likely N-dealkylation sites (tertiary alicyclic amines) is 1. The Morgan fingerprint density at radius 1 is 1.56 bits per heavy atom. The van der Waals surface area contributed by atoms with Gasteiger partial charge in [-0.2, -0.15) is 0 Å². The summed E-state index contributed by atoms with van der Waals surface area (Å²) >= 11 is 1.51. The number of hydrogen-bond donors (Lipinski definition) is 1. The van der Waals surface area contributed by atoms with E-state index in [1.54, 1.807) is 0 Å². The number of piperidine rings is 1. The van der Waals surface area contributed by atoms with Gasteiger partial charge in [0.25, 0.3) is 5.91 Å². The van der Waals surface area contributed by atoms with Crippen LogP contribution < -0.4 is 5.73 Å². The van der Waals surface area contributed by atoms with Crippen molar-refractivity contribution in [3.63, 3.8) is 0 Å². The van der Waals surface area contributed by atoms with Crippen molar-refractivity contribution < 1.29 is 4.79 Å². The van der Waals surface area contributed by atoms with Crippen LogP contribution in [0.3, 0.4) is 0 Å². The first-order valence-corrected chi connectivity index (χ1v) is 7.15. The third-order valence-electron chi connectivity index (χ3n) is 3.23. The first-order chi connectivity index (χ1) is 8.70. The monoisotopic (exact) mass is 262 g/mol. The Balaban J connectivity index is 2.02. The molecular weight excluding hydrogens is 244 g/mol. The molecule has 0 bridgehead atoms. The molecule has 1 aliphatic rings. The highest BCUT2D eigenvalue weighted by atomic mass is 32.1. The van der Waals surface area contributed by atoms with Crippen LogP contribution in [0.25, 0.3) is 0 Å². The Hall–Kier alpha value is -1.31. The molecule has 18 heavy (non-hydrogen) atoms. The van der Waals surface area contributed by atoms with Gasteiger partial charge in [0.1, 0.15) is 0 Å². The Kier molecular flexibility index (Phi) is 4.40. The smallest absolute Gasteiger partial charge is 0.254 e. The Labute approximate surface area is 112 Å². The van der Waals surface area contributed by atoms with Crippen LogP contribution in [0.15, 0.2) is 11.4 Å². The average molecular weight is 262 g/mol. The highest BCUT2D eigenvalue weighted by molar-refractivity contribution is 7.10. The predicted octanol–water partition coefficient (Wildman–Crippen LogP) is 1.93. The van der Waals surface area contributed by atoms with E-state index < -0.39 is 0 Å². The summed E-state index contributed by atoms with van der Waals surface area (Å²) in [6.45, 7) is 4.34. The van der Waals surface area contributed by atoms with E-state index in [1.165, 1.54) is 11.3 Å². The third-order valence-corrected chi connectivity index (χ3v) is 4.08. The van der Waals surface area contributed by atoms with Crippen molar-refractivity contribution in [1.82, 2.24) is 4.90 Å². The van der Waals surface area contributed by atoms with Gasteiger partial charge in [-0.1, -0.05) is 18.8 Å². The lowest BCUT2D eigenvalue weighted by Gasteiger charge is -2.30. The molecule has 0 spiro atoms. The van der Waals surface area contributed by atoms with Crippen molar-refractivity contribution in [3.8, 4) is 11.8 Å². The molecule has 1 fully saturated rings. The molecule has 1 aliphatic heterocycles. The van der Waals surface area contributed by atoms with E-state index in [-0.39, 0.29) is 5.91 Å². The highest BCUT2D eigenvalue weighted by Gasteiger charge is 2.21. The molecule has 0 saturated carbocycles. The summed E-state index contributed by atoms with van der Waals surface area (Å²) in [6.07, 6.45) is 2.21. The molecule has 2 rings (SSSR count). The minimum atomic E-state index is 0.138. The van der Waals surface area contributed by atoms with Crippen LogP contribution in [-0.2, 0) is 0 Å². The summed E-state index contributed by atoms with van der Waals surface area (Å²) in [5.41, 5.74) is 6.09. The van der Waals surface area contributed by atoms with Gasteiger partial charge >= 0.3 is 0 Å². The molecule has 96 valence electrons. The molecule has 1 saturated heterocycles. The first kappa shape index (κ1) is 13.1. The van der Waals surface area contributed by atoms with Gasteiger partial charge in [-0.05, 0) is 24.8 Å². The summed E-state index contributed by atoms with van der Waals surface area (Å²) < 4.78 is 0. The number of nitrogens with two attached hydrogens (primary N) is 1. The number of thiophene rings is 1. The van der Waals surface area contributed by atoms with Gasteiger partial charge in [0.2, 0.25) is 0 Å². The maximum absolute atomic E-state index is 12.3. The fourth-order valence-corrected chi connectivity index (χ4v) is 2.80. The number of rotatable bonds is 1. The largest absolute Gasteiger partial charge is 0.339 e. The van der Waals surface area contributed by atoms with Crippen LogP contribution >= 0.6 is 11.3 Å². The van der Waals surface area contributed by atoms with Crippen LogP contribution in [-0.4, -0.2) is 30.4 Å². The topological polar surface area (TPSA) is 46.3 Å². The van der Waals surface area contributed by atoms with Crippen molar-refractivity contribution in [2.75, 3.05) is 19.6 Å². The normalized spacial score (nSPS) is 16.2. The maximum atomic E-state index is 12.3. The molecule has 0 aliphatic carbocycles. The summed E-state index contributed by atoms with van der Waals surface area (Å²) in [5, 5.41) is 1.89. The van der Waals surface area contributed by atoms with Gasteiger partial charge in [0, 0.05) is 18.5 Å². The van der Waals surface area contributed by atoms with Gasteiger partial charge < -0.3 is 10.6 Å². The fourth-order valence-electron chi connectivity index (χ4n) is 2.05. The molecule has 2 heterocycles. The second-order valence-corrected chi connectivity index (χ2v) is 5.59. The van der Waals surface area contributed by atoms with Crippen LogP contribution in [0.4, 0.5) is 0 Å². The molecule has 4 heteroatoms. The second-order valence-electron chi connectivity index (χ2n) is 4.68. The lowest BCUT2D eigenvalue weighted by atomic mass is 9.99. The quantitative estimate of drug-likeness (QED) is 0.786. The Bertz CT molecular complexity index is 475. The van der Waals surface area contributed by atoms with Crippen LogP contribution in [0.5, 0.6) is 0 Å². The van der Waals surface area contributed by atoms with Gasteiger partial charge in [0.05, 0.1) is 17.0 Å². The fraction of sp³-hybridized carbons (Fsp3) is 0.500. The zero-order chi connectivity index (χ0) is 13.0. The number of hydrogen-bond acceptors (Lipinski definition) is 3. The molecule has 0 radical (unpaired) electrons. The summed E-state index contributed by atoms with van der Waals surface area (Å²) in [6, 6.07) is 1.87. The minimum Gasteiger partial charge on any atom is -0.339 e. The maximum Gasteiger partial charge on any atom is 0.254 e. The predicted molar refractivity (Wildman–Crippen MR) is 74.6 cm³/mol. The molecular formula is C14H18N2OS. The van der Waals surface area contributed by atoms with E-state index in [0.717, 1.165) is 42.3 Å². The van der Waals surface area contributed by atoms with Crippen molar-refractivity contribution >= 4 is 17.2 Å². The lowest BCUT2D eigenvalue weighted by molar-refractivity contribution is 0.0698. The average Bonchev–Trinajstić information content (AvgIpc) is 2.85. The molecule has 1 aromatic heterocycles. The van der Waals surface area contributed by atoms with Gasteiger partial charge in [-0.15, -0.1) is 11.3 Å². The number of nitrogens with zero attached hydrogens (tertiary/aromatic N) is 1. The van der Waals surface area contributed by atoms with E-state index >= 15 is 0 Å². The lowest BCUT2D eigenvalue weighted by Crippen LogP contribution is -2.37. The number of carbonyl (C=O) groups excluding carboxylic acids is 1.